The molecule has 0 amide bonds. The number of fused-ring (bicyclic) bond motifs is 3. The zero-order chi connectivity index (χ0) is 43.4. The number of hydrogen-bond acceptors (Lipinski definition) is 4. The van der Waals surface area contributed by atoms with Gasteiger partial charge >= 0.3 is 0 Å². The molecule has 65 heavy (non-hydrogen) atoms. The summed E-state index contributed by atoms with van der Waals surface area (Å²) < 4.78 is 6.44. The minimum absolute atomic E-state index is 0.876. The minimum Gasteiger partial charge on any atom is -0.456 e. The number of rotatable bonds is 12. The number of hydrogen-bond donors (Lipinski definition) is 0. The van der Waals surface area contributed by atoms with Crippen molar-refractivity contribution in [2.75, 3.05) is 0 Å². The van der Waals surface area contributed by atoms with Crippen molar-refractivity contribution in [1.29, 1.82) is 0 Å². The quantitative estimate of drug-likeness (QED) is 0.123. The molecule has 0 fully saturated rings. The van der Waals surface area contributed by atoms with Crippen LogP contribution in [-0.2, 0) is 25.7 Å². The molecule has 4 nitrogen and oxygen atoms in total. The van der Waals surface area contributed by atoms with Gasteiger partial charge in [-0.15, -0.1) is 0 Å². The summed E-state index contributed by atoms with van der Waals surface area (Å²) in [5.74, 6) is 0. The Morgan fingerprint density at radius 2 is 0.754 bits per heavy atom. The van der Waals surface area contributed by atoms with Crippen molar-refractivity contribution in [3.8, 4) is 67.2 Å². The van der Waals surface area contributed by atoms with E-state index < -0.39 is 0 Å². The first-order valence-electron chi connectivity index (χ1n) is 22.4. The molecule has 0 aliphatic rings. The number of para-hydroxylation sites is 1. The minimum atomic E-state index is 0.876. The maximum Gasteiger partial charge on any atom is 0.136 e. The van der Waals surface area contributed by atoms with E-state index in [9.17, 15) is 0 Å². The van der Waals surface area contributed by atoms with Crippen LogP contribution >= 0.6 is 0 Å². The maximum absolute atomic E-state index is 6.44. The largest absolute Gasteiger partial charge is 0.456 e. The highest BCUT2D eigenvalue weighted by atomic mass is 16.3. The van der Waals surface area contributed by atoms with Crippen molar-refractivity contribution in [3.05, 3.63) is 247 Å². The molecule has 0 saturated carbocycles. The number of aryl methyl sites for hydroxylation is 4. The maximum atomic E-state index is 6.44. The molecule has 0 spiro atoms. The van der Waals surface area contributed by atoms with Gasteiger partial charge in [-0.2, -0.15) is 0 Å². The van der Waals surface area contributed by atoms with Gasteiger partial charge in [0, 0.05) is 46.1 Å². The summed E-state index contributed by atoms with van der Waals surface area (Å²) in [7, 11) is 0. The summed E-state index contributed by atoms with van der Waals surface area (Å²) in [6.45, 7) is 0. The van der Waals surface area contributed by atoms with Crippen LogP contribution in [0.3, 0.4) is 0 Å². The number of aromatic nitrogens is 3. The third-order valence-corrected chi connectivity index (χ3v) is 12.5. The fourth-order valence-corrected chi connectivity index (χ4v) is 9.11. The van der Waals surface area contributed by atoms with Crippen molar-refractivity contribution in [1.82, 2.24) is 15.0 Å². The lowest BCUT2D eigenvalue weighted by atomic mass is 9.86. The molecule has 0 bridgehead atoms. The molecule has 4 heterocycles. The fraction of sp³-hybridized carbons (Fsp3) is 0.0656. The molecule has 4 aromatic heterocycles. The second-order valence-electron chi connectivity index (χ2n) is 16.7. The number of furan rings is 1. The van der Waals surface area contributed by atoms with Gasteiger partial charge in [-0.25, -0.2) is 0 Å². The molecule has 0 N–H and O–H groups in total. The summed E-state index contributed by atoms with van der Waals surface area (Å²) in [5, 5.41) is 2.24. The van der Waals surface area contributed by atoms with Crippen LogP contribution in [0.2, 0.25) is 0 Å². The number of benzene rings is 7. The summed E-state index contributed by atoms with van der Waals surface area (Å²) in [5.41, 5.74) is 20.3. The Bertz CT molecular complexity index is 3290. The van der Waals surface area contributed by atoms with Gasteiger partial charge in [0.05, 0.1) is 17.1 Å². The van der Waals surface area contributed by atoms with Crippen LogP contribution in [0.1, 0.15) is 22.3 Å². The predicted molar refractivity (Wildman–Crippen MR) is 267 cm³/mol. The molecule has 7 aromatic carbocycles. The lowest BCUT2D eigenvalue weighted by Gasteiger charge is -2.18. The SMILES string of the molecule is c1ccc(-c2ccc(CCc3cc(CCc4ccc(-c5ccccn5)cc4)cc(-c4ccccc4-c4ccc(-c5ccccn5)cc4-c4ccc5c(c4)oc4ccccc45)c3)cc2)nc1. The predicted octanol–water partition coefficient (Wildman–Crippen LogP) is 15.3. The molecular weight excluding hydrogens is 791 g/mol. The Balaban J connectivity index is 0.974. The summed E-state index contributed by atoms with van der Waals surface area (Å²) >= 11 is 0. The van der Waals surface area contributed by atoms with Crippen LogP contribution in [0.4, 0.5) is 0 Å². The van der Waals surface area contributed by atoms with Crippen LogP contribution in [0.15, 0.2) is 229 Å². The molecular formula is C61H45N3O. The van der Waals surface area contributed by atoms with Crippen LogP contribution in [-0.4, -0.2) is 15.0 Å². The molecule has 11 aromatic rings. The average Bonchev–Trinajstić information content (AvgIpc) is 3.76. The lowest BCUT2D eigenvalue weighted by molar-refractivity contribution is 0.669. The topological polar surface area (TPSA) is 51.8 Å². The van der Waals surface area contributed by atoms with E-state index in [1.54, 1.807) is 0 Å². The summed E-state index contributed by atoms with van der Waals surface area (Å²) in [4.78, 5) is 13.9. The Labute approximate surface area is 379 Å². The van der Waals surface area contributed by atoms with Crippen LogP contribution in [0.5, 0.6) is 0 Å². The van der Waals surface area contributed by atoms with Crippen molar-refractivity contribution in [3.63, 3.8) is 0 Å². The second-order valence-corrected chi connectivity index (χ2v) is 16.7. The molecule has 0 aliphatic carbocycles. The van der Waals surface area contributed by atoms with Gasteiger partial charge in [-0.1, -0.05) is 146 Å². The van der Waals surface area contributed by atoms with Gasteiger partial charge in [0.1, 0.15) is 11.2 Å². The van der Waals surface area contributed by atoms with E-state index in [2.05, 4.69) is 168 Å². The molecule has 0 aliphatic heterocycles. The normalized spacial score (nSPS) is 11.3. The van der Waals surface area contributed by atoms with E-state index in [4.69, 9.17) is 9.40 Å². The smallest absolute Gasteiger partial charge is 0.136 e. The van der Waals surface area contributed by atoms with Crippen LogP contribution < -0.4 is 0 Å². The second kappa shape index (κ2) is 17.9. The highest BCUT2D eigenvalue weighted by Gasteiger charge is 2.17. The zero-order valence-electron chi connectivity index (χ0n) is 35.9. The molecule has 310 valence electrons. The molecule has 0 radical (unpaired) electrons. The van der Waals surface area contributed by atoms with Gasteiger partial charge < -0.3 is 4.42 Å². The third-order valence-electron chi connectivity index (χ3n) is 12.5. The van der Waals surface area contributed by atoms with E-state index in [1.165, 1.54) is 38.9 Å². The van der Waals surface area contributed by atoms with Gasteiger partial charge in [0.25, 0.3) is 0 Å². The fourth-order valence-electron chi connectivity index (χ4n) is 9.11. The van der Waals surface area contributed by atoms with Gasteiger partial charge in [-0.05, 0) is 142 Å². The standard InChI is InChI=1S/C61H45N3O/c1-2-12-52(53-32-31-49(59-16-7-10-36-64-59)40-56(53)48-30-33-55-54-13-3-4-17-60(54)65-61(55)41-48)51(11-1)50-38-44(20-18-42-22-26-46(27-23-42)57-14-5-8-34-62-57)37-45(39-50)21-19-43-24-28-47(29-25-43)58-15-6-9-35-63-58/h1-17,22-41H,18-21H2. The molecule has 0 unspecified atom stereocenters. The van der Waals surface area contributed by atoms with Gasteiger partial charge in [0.15, 0.2) is 0 Å². The van der Waals surface area contributed by atoms with E-state index >= 15 is 0 Å². The van der Waals surface area contributed by atoms with Crippen molar-refractivity contribution >= 4 is 21.9 Å². The lowest BCUT2D eigenvalue weighted by Crippen LogP contribution is -1.98. The first-order chi connectivity index (χ1) is 32.2. The van der Waals surface area contributed by atoms with Gasteiger partial charge in [0.2, 0.25) is 0 Å². The number of nitrogens with zero attached hydrogens (tertiary/aromatic N) is 3. The zero-order valence-corrected chi connectivity index (χ0v) is 35.9. The molecule has 0 atom stereocenters. The van der Waals surface area contributed by atoms with E-state index in [-0.39, 0.29) is 0 Å². The number of pyridine rings is 3. The molecule has 4 heteroatoms. The first-order valence-corrected chi connectivity index (χ1v) is 22.4. The van der Waals surface area contributed by atoms with Crippen molar-refractivity contribution < 1.29 is 4.42 Å². The highest BCUT2D eigenvalue weighted by Crippen LogP contribution is 2.42. The monoisotopic (exact) mass is 835 g/mol. The van der Waals surface area contributed by atoms with E-state index in [0.29, 0.717) is 0 Å². The van der Waals surface area contributed by atoms with E-state index in [1.807, 2.05) is 67.1 Å². The average molecular weight is 836 g/mol. The van der Waals surface area contributed by atoms with Gasteiger partial charge in [-0.3, -0.25) is 15.0 Å². The van der Waals surface area contributed by atoms with E-state index in [0.717, 1.165) is 98.1 Å². The first kappa shape index (κ1) is 39.6. The van der Waals surface area contributed by atoms with Crippen LogP contribution in [0, 0.1) is 0 Å². The highest BCUT2D eigenvalue weighted by molar-refractivity contribution is 6.06. The molecule has 11 rings (SSSR count). The van der Waals surface area contributed by atoms with Crippen molar-refractivity contribution in [2.45, 2.75) is 25.7 Å². The summed E-state index contributed by atoms with van der Waals surface area (Å²) in [6, 6.07) is 73.7. The third kappa shape index (κ3) is 8.50. The Hall–Kier alpha value is -8.21. The Morgan fingerprint density at radius 1 is 0.277 bits per heavy atom. The van der Waals surface area contributed by atoms with Crippen LogP contribution in [0.25, 0.3) is 89.1 Å². The molecule has 0 saturated heterocycles. The Morgan fingerprint density at radius 3 is 1.35 bits per heavy atom. The van der Waals surface area contributed by atoms with Crippen molar-refractivity contribution in [2.24, 2.45) is 0 Å². The Kier molecular flexibility index (Phi) is 10.9. The summed E-state index contributed by atoms with van der Waals surface area (Å²) in [6.07, 6.45) is 9.28.